The zero-order chi connectivity index (χ0) is 18.0. The number of aromatic nitrogens is 3. The maximum absolute atomic E-state index is 11.9. The third-order valence-electron chi connectivity index (χ3n) is 3.31. The van der Waals surface area contributed by atoms with E-state index < -0.39 is 11.7 Å². The van der Waals surface area contributed by atoms with Crippen LogP contribution in [0.2, 0.25) is 5.15 Å². The summed E-state index contributed by atoms with van der Waals surface area (Å²) in [6.07, 6.45) is 2.50. The molecule has 128 valence electrons. The van der Waals surface area contributed by atoms with Gasteiger partial charge in [-0.1, -0.05) is 17.7 Å². The van der Waals surface area contributed by atoms with Crippen LogP contribution in [-0.2, 0) is 4.74 Å². The topological polar surface area (TPSA) is 77.0 Å². The second-order valence-corrected chi connectivity index (χ2v) is 6.81. The third-order valence-corrected chi connectivity index (χ3v) is 3.61. The quantitative estimate of drug-likeness (QED) is 0.674. The lowest BCUT2D eigenvalue weighted by molar-refractivity contribution is 0.0635. The molecular formula is C18H17ClN4O2. The minimum Gasteiger partial charge on any atom is -0.444 e. The van der Waals surface area contributed by atoms with Gasteiger partial charge in [-0.3, -0.25) is 5.32 Å². The summed E-state index contributed by atoms with van der Waals surface area (Å²) in [5.41, 5.74) is 1.99. The third kappa shape index (κ3) is 4.22. The zero-order valence-electron chi connectivity index (χ0n) is 14.1. The molecule has 0 aliphatic heterocycles. The number of benzene rings is 1. The Hall–Kier alpha value is -2.73. The molecule has 1 aromatic carbocycles. The monoisotopic (exact) mass is 356 g/mol. The van der Waals surface area contributed by atoms with E-state index in [9.17, 15) is 4.79 Å². The average Bonchev–Trinajstić information content (AvgIpc) is 2.53. The molecule has 0 spiro atoms. The summed E-state index contributed by atoms with van der Waals surface area (Å²) < 4.78 is 5.24. The molecular weight excluding hydrogens is 340 g/mol. The molecule has 1 amide bonds. The number of ether oxygens (including phenoxy) is 1. The van der Waals surface area contributed by atoms with E-state index in [0.29, 0.717) is 11.0 Å². The molecule has 0 saturated heterocycles. The normalized spacial score (nSPS) is 11.4. The number of rotatable bonds is 2. The number of hydrogen-bond acceptors (Lipinski definition) is 5. The van der Waals surface area contributed by atoms with Crippen LogP contribution in [0.4, 0.5) is 10.6 Å². The summed E-state index contributed by atoms with van der Waals surface area (Å²) in [6.45, 7) is 5.41. The van der Waals surface area contributed by atoms with Crippen molar-refractivity contribution in [1.29, 1.82) is 0 Å². The number of carbonyl (C=O) groups excluding carboxylic acids is 1. The molecule has 0 saturated carbocycles. The Kier molecular flexibility index (Phi) is 4.55. The molecule has 6 nitrogen and oxygen atoms in total. The lowest BCUT2D eigenvalue weighted by Gasteiger charge is -2.19. The Morgan fingerprint density at radius 2 is 1.84 bits per heavy atom. The molecule has 2 aromatic heterocycles. The molecule has 7 heteroatoms. The predicted molar refractivity (Wildman–Crippen MR) is 97.6 cm³/mol. The van der Waals surface area contributed by atoms with Crippen LogP contribution in [0.1, 0.15) is 20.8 Å². The van der Waals surface area contributed by atoms with Crippen molar-refractivity contribution in [2.75, 3.05) is 5.32 Å². The first kappa shape index (κ1) is 17.1. The van der Waals surface area contributed by atoms with E-state index in [2.05, 4.69) is 20.3 Å². The molecule has 25 heavy (non-hydrogen) atoms. The van der Waals surface area contributed by atoms with E-state index in [1.54, 1.807) is 33.0 Å². The maximum atomic E-state index is 11.9. The van der Waals surface area contributed by atoms with Crippen molar-refractivity contribution < 1.29 is 9.53 Å². The summed E-state index contributed by atoms with van der Waals surface area (Å²) in [7, 11) is 0. The molecule has 3 rings (SSSR count). The van der Waals surface area contributed by atoms with Crippen LogP contribution in [-0.4, -0.2) is 26.6 Å². The van der Waals surface area contributed by atoms with E-state index in [0.717, 1.165) is 22.0 Å². The number of pyridine rings is 1. The van der Waals surface area contributed by atoms with Crippen molar-refractivity contribution in [3.8, 4) is 11.1 Å². The first-order valence-electron chi connectivity index (χ1n) is 7.68. The number of halogens is 1. The number of anilines is 1. The fraction of sp³-hybridized carbons (Fsp3) is 0.222. The van der Waals surface area contributed by atoms with Crippen molar-refractivity contribution >= 4 is 34.4 Å². The van der Waals surface area contributed by atoms with Gasteiger partial charge in [-0.2, -0.15) is 0 Å². The summed E-state index contributed by atoms with van der Waals surface area (Å²) >= 11 is 6.14. The molecule has 0 unspecified atom stereocenters. The van der Waals surface area contributed by atoms with Gasteiger partial charge in [0.2, 0.25) is 0 Å². The van der Waals surface area contributed by atoms with Crippen LogP contribution in [0, 0.1) is 0 Å². The van der Waals surface area contributed by atoms with Crippen LogP contribution in [0.5, 0.6) is 0 Å². The minimum absolute atomic E-state index is 0.396. The largest absolute Gasteiger partial charge is 0.444 e. The van der Waals surface area contributed by atoms with Gasteiger partial charge in [-0.25, -0.2) is 19.7 Å². The molecule has 3 aromatic rings. The van der Waals surface area contributed by atoms with Gasteiger partial charge in [-0.05, 0) is 56.2 Å². The second kappa shape index (κ2) is 6.64. The number of fused-ring (bicyclic) bond motifs is 1. The second-order valence-electron chi connectivity index (χ2n) is 6.45. The zero-order valence-corrected chi connectivity index (χ0v) is 14.8. The first-order chi connectivity index (χ1) is 11.8. The van der Waals surface area contributed by atoms with E-state index in [-0.39, 0.29) is 0 Å². The highest BCUT2D eigenvalue weighted by Gasteiger charge is 2.16. The molecule has 0 bridgehead atoms. The van der Waals surface area contributed by atoms with E-state index in [4.69, 9.17) is 16.3 Å². The highest BCUT2D eigenvalue weighted by Crippen LogP contribution is 2.27. The maximum Gasteiger partial charge on any atom is 0.413 e. The van der Waals surface area contributed by atoms with Crippen molar-refractivity contribution in [2.24, 2.45) is 0 Å². The van der Waals surface area contributed by atoms with Gasteiger partial charge in [0, 0.05) is 11.6 Å². The summed E-state index contributed by atoms with van der Waals surface area (Å²) in [6, 6.07) is 9.32. The molecule has 0 aliphatic rings. The average molecular weight is 357 g/mol. The van der Waals surface area contributed by atoms with Gasteiger partial charge in [0.05, 0.1) is 5.52 Å². The minimum atomic E-state index is -0.573. The molecule has 1 N–H and O–H groups in total. The van der Waals surface area contributed by atoms with Crippen LogP contribution in [0.15, 0.2) is 42.9 Å². The first-order valence-corrected chi connectivity index (χ1v) is 8.06. The molecule has 0 fully saturated rings. The van der Waals surface area contributed by atoms with Crippen molar-refractivity contribution in [3.63, 3.8) is 0 Å². The number of amides is 1. The molecule has 2 heterocycles. The number of hydrogen-bond donors (Lipinski definition) is 1. The number of nitrogens with zero attached hydrogens (tertiary/aromatic N) is 3. The highest BCUT2D eigenvalue weighted by atomic mass is 35.5. The highest BCUT2D eigenvalue weighted by molar-refractivity contribution is 6.34. The Balaban J connectivity index is 1.89. The van der Waals surface area contributed by atoms with Crippen molar-refractivity contribution in [3.05, 3.63) is 48.0 Å². The van der Waals surface area contributed by atoms with Gasteiger partial charge >= 0.3 is 6.09 Å². The number of carbonyl (C=O) groups is 1. The van der Waals surface area contributed by atoms with Gasteiger partial charge in [-0.15, -0.1) is 0 Å². The van der Waals surface area contributed by atoms with Crippen molar-refractivity contribution in [2.45, 2.75) is 26.4 Å². The van der Waals surface area contributed by atoms with Gasteiger partial charge in [0.1, 0.15) is 22.9 Å². The number of nitrogens with one attached hydrogen (secondary N) is 1. The Bertz CT molecular complexity index is 938. The molecule has 0 atom stereocenters. The fourth-order valence-electron chi connectivity index (χ4n) is 2.29. The van der Waals surface area contributed by atoms with E-state index in [1.807, 2.05) is 24.3 Å². The molecule has 0 radical (unpaired) electrons. The summed E-state index contributed by atoms with van der Waals surface area (Å²) in [5.74, 6) is 0.405. The van der Waals surface area contributed by atoms with Gasteiger partial charge in [0.25, 0.3) is 0 Å². The SMILES string of the molecule is CC(C)(C)OC(=O)Nc1cc(-c2ccc3ncnc(Cl)c3c2)ccn1. The van der Waals surface area contributed by atoms with E-state index >= 15 is 0 Å². The molecule has 0 aliphatic carbocycles. The van der Waals surface area contributed by atoms with Crippen LogP contribution in [0.25, 0.3) is 22.0 Å². The lowest BCUT2D eigenvalue weighted by atomic mass is 10.0. The van der Waals surface area contributed by atoms with Crippen molar-refractivity contribution in [1.82, 2.24) is 15.0 Å². The fourth-order valence-corrected chi connectivity index (χ4v) is 2.49. The van der Waals surface area contributed by atoms with Crippen LogP contribution < -0.4 is 5.32 Å². The predicted octanol–water partition coefficient (Wildman–Crippen LogP) is 4.69. The van der Waals surface area contributed by atoms with Gasteiger partial charge in [0.15, 0.2) is 0 Å². The summed E-state index contributed by atoms with van der Waals surface area (Å²) in [4.78, 5) is 24.2. The standard InChI is InChI=1S/C18H17ClN4O2/c1-18(2,3)25-17(24)23-15-9-12(6-7-20-15)11-4-5-14-13(8-11)16(19)22-10-21-14/h4-10H,1-3H3,(H,20,23,24). The van der Waals surface area contributed by atoms with E-state index in [1.165, 1.54) is 6.33 Å². The van der Waals surface area contributed by atoms with Gasteiger partial charge < -0.3 is 4.74 Å². The Labute approximate surface area is 150 Å². The smallest absolute Gasteiger partial charge is 0.413 e. The van der Waals surface area contributed by atoms with Crippen LogP contribution >= 0.6 is 11.6 Å². The Morgan fingerprint density at radius 1 is 1.08 bits per heavy atom. The van der Waals surface area contributed by atoms with Crippen LogP contribution in [0.3, 0.4) is 0 Å². The Morgan fingerprint density at radius 3 is 2.60 bits per heavy atom. The lowest BCUT2D eigenvalue weighted by Crippen LogP contribution is -2.27. The summed E-state index contributed by atoms with van der Waals surface area (Å²) in [5, 5.41) is 3.79.